The third-order valence-electron chi connectivity index (χ3n) is 4.92. The highest BCUT2D eigenvalue weighted by Gasteiger charge is 2.29. The van der Waals surface area contributed by atoms with Crippen molar-refractivity contribution in [3.05, 3.63) is 54.2 Å². The SMILES string of the molecule is CCOCCn1nc(-c2cocn2)c2c1CCN(C(=O)COc1ccccc1)C2. The normalized spacial score (nSPS) is 13.3. The number of oxazole rings is 1. The van der Waals surface area contributed by atoms with Crippen LogP contribution in [0, 0.1) is 0 Å². The molecule has 8 nitrogen and oxygen atoms in total. The Morgan fingerprint density at radius 2 is 2.14 bits per heavy atom. The molecule has 0 bridgehead atoms. The molecule has 1 aromatic carbocycles. The molecular weight excluding hydrogens is 372 g/mol. The molecule has 0 fully saturated rings. The lowest BCUT2D eigenvalue weighted by atomic mass is 10.0. The maximum atomic E-state index is 12.7. The predicted molar refractivity (Wildman–Crippen MR) is 105 cm³/mol. The van der Waals surface area contributed by atoms with Crippen molar-refractivity contribution in [2.24, 2.45) is 0 Å². The van der Waals surface area contributed by atoms with Crippen molar-refractivity contribution < 1.29 is 18.7 Å². The third kappa shape index (κ3) is 4.32. The summed E-state index contributed by atoms with van der Waals surface area (Å²) in [5.41, 5.74) is 3.56. The summed E-state index contributed by atoms with van der Waals surface area (Å²) in [7, 11) is 0. The van der Waals surface area contributed by atoms with Gasteiger partial charge < -0.3 is 18.8 Å². The van der Waals surface area contributed by atoms with E-state index in [9.17, 15) is 4.79 Å². The molecule has 0 N–H and O–H groups in total. The van der Waals surface area contributed by atoms with Gasteiger partial charge in [0.05, 0.1) is 13.2 Å². The van der Waals surface area contributed by atoms with Crippen molar-refractivity contribution in [3.63, 3.8) is 0 Å². The van der Waals surface area contributed by atoms with Crippen LogP contribution in [0.3, 0.4) is 0 Å². The standard InChI is InChI=1S/C21H24N4O4/c1-2-27-11-10-25-19-8-9-24(20(26)14-29-16-6-4-3-5-7-16)12-17(19)21(23-25)18-13-28-15-22-18/h3-7,13,15H,2,8-12,14H2,1H3. The highest BCUT2D eigenvalue weighted by atomic mass is 16.5. The van der Waals surface area contributed by atoms with Gasteiger partial charge in [0.15, 0.2) is 13.0 Å². The molecule has 0 atom stereocenters. The van der Waals surface area contributed by atoms with Gasteiger partial charge in [-0.3, -0.25) is 9.48 Å². The lowest BCUT2D eigenvalue weighted by Crippen LogP contribution is -2.39. The van der Waals surface area contributed by atoms with E-state index >= 15 is 0 Å². The van der Waals surface area contributed by atoms with Crippen LogP contribution in [0.2, 0.25) is 0 Å². The van der Waals surface area contributed by atoms with E-state index in [1.165, 1.54) is 6.39 Å². The van der Waals surface area contributed by atoms with Crippen molar-refractivity contribution in [1.29, 1.82) is 0 Å². The minimum absolute atomic E-state index is 0.0110. The smallest absolute Gasteiger partial charge is 0.260 e. The molecule has 4 rings (SSSR count). The largest absolute Gasteiger partial charge is 0.484 e. The summed E-state index contributed by atoms with van der Waals surface area (Å²) in [4.78, 5) is 18.8. The van der Waals surface area contributed by atoms with Gasteiger partial charge in [0.25, 0.3) is 5.91 Å². The second-order valence-electron chi connectivity index (χ2n) is 6.73. The fourth-order valence-electron chi connectivity index (χ4n) is 3.47. The highest BCUT2D eigenvalue weighted by Crippen LogP contribution is 2.29. The second kappa shape index (κ2) is 8.91. The molecule has 152 valence electrons. The number of benzene rings is 1. The molecule has 0 spiro atoms. The van der Waals surface area contributed by atoms with Crippen molar-refractivity contribution in [3.8, 4) is 17.1 Å². The Hall–Kier alpha value is -3.13. The van der Waals surface area contributed by atoms with E-state index in [2.05, 4.69) is 4.98 Å². The summed E-state index contributed by atoms with van der Waals surface area (Å²) in [5.74, 6) is 0.637. The number of hydrogen-bond donors (Lipinski definition) is 0. The molecule has 3 aromatic rings. The first-order valence-electron chi connectivity index (χ1n) is 9.76. The van der Waals surface area contributed by atoms with Gasteiger partial charge in [-0.25, -0.2) is 4.98 Å². The predicted octanol–water partition coefficient (Wildman–Crippen LogP) is 2.54. The molecule has 0 aliphatic carbocycles. The third-order valence-corrected chi connectivity index (χ3v) is 4.92. The van der Waals surface area contributed by atoms with E-state index in [1.54, 1.807) is 6.26 Å². The van der Waals surface area contributed by atoms with Crippen LogP contribution in [0.4, 0.5) is 0 Å². The molecular formula is C21H24N4O4. The summed E-state index contributed by atoms with van der Waals surface area (Å²) in [6.07, 6.45) is 3.69. The van der Waals surface area contributed by atoms with Crippen molar-refractivity contribution in [2.75, 3.05) is 26.4 Å². The van der Waals surface area contributed by atoms with Crippen LogP contribution < -0.4 is 4.74 Å². The summed E-state index contributed by atoms with van der Waals surface area (Å²) >= 11 is 0. The Bertz CT molecular complexity index is 937. The number of amides is 1. The second-order valence-corrected chi connectivity index (χ2v) is 6.73. The Kier molecular flexibility index (Phi) is 5.90. The topological polar surface area (TPSA) is 82.6 Å². The number of hydrogen-bond acceptors (Lipinski definition) is 6. The fourth-order valence-corrected chi connectivity index (χ4v) is 3.47. The van der Waals surface area contributed by atoms with Crippen LogP contribution in [0.15, 0.2) is 47.4 Å². The zero-order chi connectivity index (χ0) is 20.1. The number of aromatic nitrogens is 3. The van der Waals surface area contributed by atoms with E-state index in [0.29, 0.717) is 44.3 Å². The minimum Gasteiger partial charge on any atom is -0.484 e. The van der Waals surface area contributed by atoms with Gasteiger partial charge in [-0.15, -0.1) is 0 Å². The van der Waals surface area contributed by atoms with Crippen LogP contribution in [0.1, 0.15) is 18.2 Å². The van der Waals surface area contributed by atoms with Crippen LogP contribution in [-0.4, -0.2) is 51.9 Å². The Balaban J connectivity index is 1.50. The molecule has 2 aromatic heterocycles. The molecule has 3 heterocycles. The lowest BCUT2D eigenvalue weighted by molar-refractivity contribution is -0.134. The summed E-state index contributed by atoms with van der Waals surface area (Å²) < 4.78 is 18.2. The first kappa shape index (κ1) is 19.2. The fraction of sp³-hybridized carbons (Fsp3) is 0.381. The number of rotatable bonds is 8. The first-order valence-corrected chi connectivity index (χ1v) is 9.76. The zero-order valence-electron chi connectivity index (χ0n) is 16.4. The van der Waals surface area contributed by atoms with E-state index in [0.717, 1.165) is 23.4 Å². The maximum Gasteiger partial charge on any atom is 0.260 e. The van der Waals surface area contributed by atoms with Gasteiger partial charge in [0.1, 0.15) is 23.4 Å². The molecule has 1 aliphatic rings. The van der Waals surface area contributed by atoms with Gasteiger partial charge in [0.2, 0.25) is 0 Å². The summed E-state index contributed by atoms with van der Waals surface area (Å²) in [5, 5.41) is 4.74. The summed E-state index contributed by atoms with van der Waals surface area (Å²) in [6, 6.07) is 9.36. The number of carbonyl (C=O) groups excluding carboxylic acids is 1. The Morgan fingerprint density at radius 1 is 1.28 bits per heavy atom. The highest BCUT2D eigenvalue weighted by molar-refractivity contribution is 5.78. The number of carbonyl (C=O) groups is 1. The number of nitrogens with zero attached hydrogens (tertiary/aromatic N) is 4. The molecule has 0 radical (unpaired) electrons. The monoisotopic (exact) mass is 396 g/mol. The average molecular weight is 396 g/mol. The minimum atomic E-state index is -0.0485. The molecule has 0 saturated carbocycles. The van der Waals surface area contributed by atoms with Gasteiger partial charge in [-0.05, 0) is 19.1 Å². The Labute approximate surface area is 169 Å². The number of ether oxygens (including phenoxy) is 2. The van der Waals surface area contributed by atoms with Crippen LogP contribution >= 0.6 is 0 Å². The van der Waals surface area contributed by atoms with Crippen molar-refractivity contribution in [1.82, 2.24) is 19.7 Å². The molecule has 0 saturated heterocycles. The molecule has 1 aliphatic heterocycles. The van der Waals surface area contributed by atoms with E-state index in [-0.39, 0.29) is 12.5 Å². The van der Waals surface area contributed by atoms with Crippen molar-refractivity contribution >= 4 is 5.91 Å². The maximum absolute atomic E-state index is 12.7. The van der Waals surface area contributed by atoms with Gasteiger partial charge >= 0.3 is 0 Å². The number of para-hydroxylation sites is 1. The average Bonchev–Trinajstić information content (AvgIpc) is 3.41. The molecule has 8 heteroatoms. The van der Waals surface area contributed by atoms with Crippen LogP contribution in [-0.2, 0) is 29.0 Å². The van der Waals surface area contributed by atoms with E-state index in [4.69, 9.17) is 19.0 Å². The molecule has 29 heavy (non-hydrogen) atoms. The lowest BCUT2D eigenvalue weighted by Gasteiger charge is -2.28. The zero-order valence-corrected chi connectivity index (χ0v) is 16.4. The van der Waals surface area contributed by atoms with E-state index in [1.807, 2.05) is 46.8 Å². The Morgan fingerprint density at radius 3 is 2.90 bits per heavy atom. The van der Waals surface area contributed by atoms with Crippen LogP contribution in [0.5, 0.6) is 5.75 Å². The van der Waals surface area contributed by atoms with Gasteiger partial charge in [-0.1, -0.05) is 18.2 Å². The quantitative estimate of drug-likeness (QED) is 0.544. The van der Waals surface area contributed by atoms with Gasteiger partial charge in [0, 0.05) is 37.4 Å². The van der Waals surface area contributed by atoms with Crippen LogP contribution in [0.25, 0.3) is 11.4 Å². The molecule has 1 amide bonds. The first-order chi connectivity index (χ1) is 14.3. The van der Waals surface area contributed by atoms with Crippen molar-refractivity contribution in [2.45, 2.75) is 26.4 Å². The van der Waals surface area contributed by atoms with E-state index < -0.39 is 0 Å². The summed E-state index contributed by atoms with van der Waals surface area (Å²) in [6.45, 7) is 5.02. The van der Waals surface area contributed by atoms with Gasteiger partial charge in [-0.2, -0.15) is 5.10 Å². The number of fused-ring (bicyclic) bond motifs is 1. The molecule has 0 unspecified atom stereocenters.